The van der Waals surface area contributed by atoms with E-state index in [1.807, 2.05) is 0 Å². The number of hydrogen-bond donors (Lipinski definition) is 0. The number of aromatic nitrogens is 2. The first kappa shape index (κ1) is 14.3. The molecule has 0 atom stereocenters. The normalized spacial score (nSPS) is 10.6. The molecule has 3 rings (SSSR count). The second kappa shape index (κ2) is 5.99. The summed E-state index contributed by atoms with van der Waals surface area (Å²) in [5.74, 6) is 0.246. The van der Waals surface area contributed by atoms with Crippen LogP contribution in [0, 0.1) is 0 Å². The topological polar surface area (TPSA) is 65.1 Å². The van der Waals surface area contributed by atoms with Gasteiger partial charge in [0.1, 0.15) is 12.2 Å². The summed E-state index contributed by atoms with van der Waals surface area (Å²) in [5, 5.41) is 4.51. The summed E-state index contributed by atoms with van der Waals surface area (Å²) < 4.78 is 6.34. The SMILES string of the molecule is O=C(Cn1nc(-c2ccco2)ccc1=O)c1ccccc1Cl. The Bertz CT molecular complexity index is 869. The molecule has 0 spiro atoms. The Morgan fingerprint density at radius 2 is 1.95 bits per heavy atom. The summed E-state index contributed by atoms with van der Waals surface area (Å²) in [6.07, 6.45) is 1.52. The standard InChI is InChI=1S/C16H11ClN2O3/c17-12-5-2-1-4-11(12)14(20)10-19-16(21)8-7-13(18-19)15-6-3-9-22-15/h1-9H,10H2. The van der Waals surface area contributed by atoms with Gasteiger partial charge in [-0.05, 0) is 30.3 Å². The van der Waals surface area contributed by atoms with E-state index in [1.165, 1.54) is 12.3 Å². The molecule has 5 nitrogen and oxygen atoms in total. The molecule has 0 saturated carbocycles. The van der Waals surface area contributed by atoms with Crippen LogP contribution in [0.3, 0.4) is 0 Å². The van der Waals surface area contributed by atoms with E-state index in [0.717, 1.165) is 4.68 Å². The molecular formula is C16H11ClN2O3. The highest BCUT2D eigenvalue weighted by atomic mass is 35.5. The molecule has 0 saturated heterocycles. The highest BCUT2D eigenvalue weighted by Gasteiger charge is 2.13. The van der Waals surface area contributed by atoms with Gasteiger partial charge in [-0.3, -0.25) is 9.59 Å². The van der Waals surface area contributed by atoms with Crippen LogP contribution in [0.15, 0.2) is 64.0 Å². The zero-order valence-electron chi connectivity index (χ0n) is 11.4. The van der Waals surface area contributed by atoms with Crippen molar-refractivity contribution in [2.24, 2.45) is 0 Å². The van der Waals surface area contributed by atoms with Crippen molar-refractivity contribution in [3.05, 3.63) is 75.7 Å². The first-order valence-electron chi connectivity index (χ1n) is 6.55. The van der Waals surface area contributed by atoms with Crippen molar-refractivity contribution in [2.75, 3.05) is 0 Å². The molecule has 0 aliphatic heterocycles. The van der Waals surface area contributed by atoms with Crippen LogP contribution in [0.1, 0.15) is 10.4 Å². The van der Waals surface area contributed by atoms with E-state index in [-0.39, 0.29) is 17.9 Å². The van der Waals surface area contributed by atoms with Gasteiger partial charge in [0.2, 0.25) is 0 Å². The lowest BCUT2D eigenvalue weighted by atomic mass is 10.1. The van der Waals surface area contributed by atoms with Gasteiger partial charge in [0, 0.05) is 11.6 Å². The first-order valence-corrected chi connectivity index (χ1v) is 6.93. The van der Waals surface area contributed by atoms with Gasteiger partial charge in [-0.1, -0.05) is 23.7 Å². The molecule has 0 unspecified atom stereocenters. The fourth-order valence-electron chi connectivity index (χ4n) is 2.03. The van der Waals surface area contributed by atoms with Crippen molar-refractivity contribution < 1.29 is 9.21 Å². The Morgan fingerprint density at radius 1 is 1.14 bits per heavy atom. The van der Waals surface area contributed by atoms with Crippen molar-refractivity contribution in [2.45, 2.75) is 6.54 Å². The lowest BCUT2D eigenvalue weighted by Gasteiger charge is -2.06. The van der Waals surface area contributed by atoms with Crippen LogP contribution < -0.4 is 5.56 Å². The highest BCUT2D eigenvalue weighted by molar-refractivity contribution is 6.33. The molecule has 0 aliphatic rings. The molecule has 110 valence electrons. The second-order valence-electron chi connectivity index (χ2n) is 4.59. The summed E-state index contributed by atoms with van der Waals surface area (Å²) in [6.45, 7) is -0.183. The van der Waals surface area contributed by atoms with Crippen LogP contribution in [0.4, 0.5) is 0 Å². The smallest absolute Gasteiger partial charge is 0.267 e. The Balaban J connectivity index is 1.92. The number of furan rings is 1. The molecule has 0 radical (unpaired) electrons. The summed E-state index contributed by atoms with van der Waals surface area (Å²) in [6, 6.07) is 13.1. The molecule has 6 heteroatoms. The number of carbonyl (C=O) groups excluding carboxylic acids is 1. The third-order valence-electron chi connectivity index (χ3n) is 3.11. The van der Waals surface area contributed by atoms with Crippen LogP contribution in [-0.2, 0) is 6.54 Å². The average molecular weight is 315 g/mol. The molecule has 0 aliphatic carbocycles. The molecule has 0 bridgehead atoms. The van der Waals surface area contributed by atoms with Crippen molar-refractivity contribution in [3.63, 3.8) is 0 Å². The number of benzene rings is 1. The molecule has 0 N–H and O–H groups in total. The van der Waals surface area contributed by atoms with E-state index in [9.17, 15) is 9.59 Å². The third-order valence-corrected chi connectivity index (χ3v) is 3.44. The number of nitrogens with zero attached hydrogens (tertiary/aromatic N) is 2. The summed E-state index contributed by atoms with van der Waals surface area (Å²) in [5.41, 5.74) is 0.480. The Labute approximate surface area is 130 Å². The molecule has 0 amide bonds. The van der Waals surface area contributed by atoms with Crippen LogP contribution in [0.2, 0.25) is 5.02 Å². The minimum Gasteiger partial charge on any atom is -0.463 e. The van der Waals surface area contributed by atoms with E-state index in [0.29, 0.717) is 22.0 Å². The van der Waals surface area contributed by atoms with Gasteiger partial charge < -0.3 is 4.42 Å². The Morgan fingerprint density at radius 3 is 2.68 bits per heavy atom. The van der Waals surface area contributed by atoms with Gasteiger partial charge in [-0.2, -0.15) is 5.10 Å². The van der Waals surface area contributed by atoms with Crippen molar-refractivity contribution in [1.29, 1.82) is 0 Å². The van der Waals surface area contributed by atoms with E-state index < -0.39 is 0 Å². The Kier molecular flexibility index (Phi) is 3.89. The van der Waals surface area contributed by atoms with E-state index in [1.54, 1.807) is 42.5 Å². The largest absolute Gasteiger partial charge is 0.463 e. The quantitative estimate of drug-likeness (QED) is 0.694. The zero-order chi connectivity index (χ0) is 15.5. The first-order chi connectivity index (χ1) is 10.6. The van der Waals surface area contributed by atoms with Crippen LogP contribution in [0.25, 0.3) is 11.5 Å². The van der Waals surface area contributed by atoms with Crippen molar-refractivity contribution in [3.8, 4) is 11.5 Å². The minimum absolute atomic E-state index is 0.183. The predicted octanol–water partition coefficient (Wildman–Crippen LogP) is 3.04. The Hall–Kier alpha value is -2.66. The van der Waals surface area contributed by atoms with Crippen molar-refractivity contribution >= 4 is 17.4 Å². The van der Waals surface area contributed by atoms with E-state index >= 15 is 0 Å². The number of halogens is 1. The monoisotopic (exact) mass is 314 g/mol. The maximum Gasteiger partial charge on any atom is 0.267 e. The maximum absolute atomic E-state index is 12.3. The molecule has 2 aromatic heterocycles. The number of ketones is 1. The second-order valence-corrected chi connectivity index (χ2v) is 5.00. The number of rotatable bonds is 4. The van der Waals surface area contributed by atoms with Gasteiger partial charge in [0.25, 0.3) is 5.56 Å². The number of carbonyl (C=O) groups is 1. The minimum atomic E-state index is -0.365. The molecule has 1 aromatic carbocycles. The van der Waals surface area contributed by atoms with Crippen LogP contribution in [-0.4, -0.2) is 15.6 Å². The molecular weight excluding hydrogens is 304 g/mol. The molecule has 2 heterocycles. The van der Waals surface area contributed by atoms with Crippen LogP contribution in [0.5, 0.6) is 0 Å². The fraction of sp³-hybridized carbons (Fsp3) is 0.0625. The van der Waals surface area contributed by atoms with E-state index in [4.69, 9.17) is 16.0 Å². The molecule has 3 aromatic rings. The highest BCUT2D eigenvalue weighted by Crippen LogP contribution is 2.17. The summed E-state index contributed by atoms with van der Waals surface area (Å²) >= 11 is 5.99. The van der Waals surface area contributed by atoms with E-state index in [2.05, 4.69) is 5.10 Å². The fourth-order valence-corrected chi connectivity index (χ4v) is 2.27. The molecule has 0 fully saturated rings. The number of hydrogen-bond acceptors (Lipinski definition) is 4. The van der Waals surface area contributed by atoms with Gasteiger partial charge in [0.15, 0.2) is 11.5 Å². The predicted molar refractivity (Wildman–Crippen MR) is 82.0 cm³/mol. The summed E-state index contributed by atoms with van der Waals surface area (Å²) in [7, 11) is 0. The lowest BCUT2D eigenvalue weighted by Crippen LogP contribution is -2.26. The molecule has 22 heavy (non-hydrogen) atoms. The zero-order valence-corrected chi connectivity index (χ0v) is 12.2. The van der Waals surface area contributed by atoms with Gasteiger partial charge >= 0.3 is 0 Å². The summed E-state index contributed by atoms with van der Waals surface area (Å²) in [4.78, 5) is 24.2. The van der Waals surface area contributed by atoms with Gasteiger partial charge in [-0.25, -0.2) is 4.68 Å². The van der Waals surface area contributed by atoms with Gasteiger partial charge in [-0.15, -0.1) is 0 Å². The maximum atomic E-state index is 12.3. The van der Waals surface area contributed by atoms with Crippen LogP contribution >= 0.6 is 11.6 Å². The third kappa shape index (κ3) is 2.84. The number of Topliss-reactive ketones (excluding diaryl/α,β-unsaturated/α-hetero) is 1. The van der Waals surface area contributed by atoms with Crippen molar-refractivity contribution in [1.82, 2.24) is 9.78 Å². The average Bonchev–Trinajstić information content (AvgIpc) is 3.04. The van der Waals surface area contributed by atoms with Gasteiger partial charge in [0.05, 0.1) is 11.3 Å². The lowest BCUT2D eigenvalue weighted by molar-refractivity contribution is 0.0966.